The lowest BCUT2D eigenvalue weighted by atomic mass is 9.61. The molecule has 2 unspecified atom stereocenters. The molecule has 1 saturated carbocycles. The summed E-state index contributed by atoms with van der Waals surface area (Å²) in [7, 11) is 0. The van der Waals surface area contributed by atoms with E-state index in [1.165, 1.54) is 75.3 Å². The van der Waals surface area contributed by atoms with E-state index < -0.39 is 0 Å². The highest BCUT2D eigenvalue weighted by Gasteiger charge is 2.57. The van der Waals surface area contributed by atoms with Crippen LogP contribution in [0.25, 0.3) is 32.7 Å². The summed E-state index contributed by atoms with van der Waals surface area (Å²) in [6.45, 7) is 5.00. The molecule has 2 atom stereocenters. The van der Waals surface area contributed by atoms with Crippen molar-refractivity contribution in [1.29, 1.82) is 0 Å². The van der Waals surface area contributed by atoms with E-state index >= 15 is 0 Å². The minimum atomic E-state index is 0.0500. The molecule has 5 aromatic rings. The first-order valence-electron chi connectivity index (χ1n) is 12.9. The van der Waals surface area contributed by atoms with Gasteiger partial charge in [-0.15, -0.1) is 0 Å². The summed E-state index contributed by atoms with van der Waals surface area (Å²) in [6.07, 6.45) is 8.84. The zero-order chi connectivity index (χ0) is 23.6. The van der Waals surface area contributed by atoms with Gasteiger partial charge in [0.05, 0.1) is 5.54 Å². The summed E-state index contributed by atoms with van der Waals surface area (Å²) in [4.78, 5) is 6.92. The molecule has 1 aliphatic carbocycles. The van der Waals surface area contributed by atoms with Gasteiger partial charge in [0.25, 0.3) is 0 Å². The van der Waals surface area contributed by atoms with E-state index in [-0.39, 0.29) is 11.0 Å². The van der Waals surface area contributed by atoms with E-state index in [4.69, 9.17) is 0 Å². The van der Waals surface area contributed by atoms with E-state index in [0.717, 1.165) is 0 Å². The van der Waals surface area contributed by atoms with Gasteiger partial charge in [0.1, 0.15) is 0 Å². The topological polar surface area (TPSA) is 16.1 Å². The second-order valence-corrected chi connectivity index (χ2v) is 10.8. The summed E-state index contributed by atoms with van der Waals surface area (Å²) in [5, 5.41) is 5.25. The molecule has 0 saturated heterocycles. The maximum atomic E-state index is 4.30. The number of hydrogen-bond donors (Lipinski definition) is 0. The molecule has 0 N–H and O–H groups in total. The molecule has 2 nitrogen and oxygen atoms in total. The molecule has 2 aliphatic rings. The zero-order valence-electron chi connectivity index (χ0n) is 20.5. The molecular weight excluding hydrogens is 424 g/mol. The van der Waals surface area contributed by atoms with Crippen LogP contribution in [0.5, 0.6) is 0 Å². The number of hydrogen-bond acceptors (Lipinski definition) is 2. The third-order valence-corrected chi connectivity index (χ3v) is 9.09. The summed E-state index contributed by atoms with van der Waals surface area (Å²) in [6, 6.07) is 31.6. The molecule has 2 heteroatoms. The Morgan fingerprint density at radius 3 is 2.09 bits per heavy atom. The standard InChI is InChI=1S/C33H30N2/c1-32-17-7-8-18-33(32,2)35(26-15-19-34-20-16-26)30-14-13-25(22-29(30)32)31-27-11-5-3-9-23(27)21-24-10-4-6-12-28(24)31/h3-6,9-16,19-22H,7-8,17-18H2,1-2H3. The SMILES string of the molecule is CC12CCCCC1(C)N(c1ccncc1)c1ccc(-c3c4ccccc4cc4ccccc34)cc12. The van der Waals surface area contributed by atoms with Crippen LogP contribution in [-0.4, -0.2) is 10.5 Å². The van der Waals surface area contributed by atoms with Crippen molar-refractivity contribution in [3.05, 3.63) is 103 Å². The van der Waals surface area contributed by atoms with Gasteiger partial charge in [0.2, 0.25) is 0 Å². The van der Waals surface area contributed by atoms with Crippen molar-refractivity contribution in [2.24, 2.45) is 0 Å². The molecule has 1 aliphatic heterocycles. The third kappa shape index (κ3) is 2.80. The van der Waals surface area contributed by atoms with E-state index in [2.05, 4.69) is 109 Å². The van der Waals surface area contributed by atoms with Gasteiger partial charge in [-0.3, -0.25) is 4.98 Å². The molecule has 1 aromatic heterocycles. The van der Waals surface area contributed by atoms with Gasteiger partial charge >= 0.3 is 0 Å². The van der Waals surface area contributed by atoms with Crippen molar-refractivity contribution < 1.29 is 0 Å². The van der Waals surface area contributed by atoms with Crippen LogP contribution in [-0.2, 0) is 5.41 Å². The Morgan fingerprint density at radius 1 is 0.714 bits per heavy atom. The molecular formula is C33H30N2. The molecule has 2 heterocycles. The van der Waals surface area contributed by atoms with Crippen molar-refractivity contribution in [2.45, 2.75) is 50.5 Å². The van der Waals surface area contributed by atoms with Crippen molar-refractivity contribution in [3.63, 3.8) is 0 Å². The lowest BCUT2D eigenvalue weighted by molar-refractivity contribution is 0.195. The average Bonchev–Trinajstić information content (AvgIpc) is 3.11. The number of anilines is 2. The number of benzene rings is 4. The Kier molecular flexibility index (Phi) is 4.39. The molecule has 35 heavy (non-hydrogen) atoms. The normalized spacial score (nSPS) is 23.4. The van der Waals surface area contributed by atoms with Crippen molar-refractivity contribution >= 4 is 32.9 Å². The fourth-order valence-electron chi connectivity index (χ4n) is 7.11. The minimum absolute atomic E-state index is 0.0500. The number of nitrogens with zero attached hydrogens (tertiary/aromatic N) is 2. The average molecular weight is 455 g/mol. The van der Waals surface area contributed by atoms with Crippen LogP contribution < -0.4 is 4.90 Å². The van der Waals surface area contributed by atoms with E-state index in [0.29, 0.717) is 0 Å². The fraction of sp³-hybridized carbons (Fsp3) is 0.242. The zero-order valence-corrected chi connectivity index (χ0v) is 20.5. The Hall–Kier alpha value is -3.65. The van der Waals surface area contributed by atoms with Gasteiger partial charge in [-0.25, -0.2) is 0 Å². The number of fused-ring (bicyclic) bond motifs is 5. The van der Waals surface area contributed by atoms with E-state index in [9.17, 15) is 0 Å². The monoisotopic (exact) mass is 454 g/mol. The smallest absolute Gasteiger partial charge is 0.0517 e. The molecule has 4 aromatic carbocycles. The first-order chi connectivity index (χ1) is 17.1. The third-order valence-electron chi connectivity index (χ3n) is 9.09. The first kappa shape index (κ1) is 20.7. The number of aromatic nitrogens is 1. The van der Waals surface area contributed by atoms with Gasteiger partial charge < -0.3 is 4.90 Å². The van der Waals surface area contributed by atoms with Gasteiger partial charge in [-0.1, -0.05) is 74.4 Å². The van der Waals surface area contributed by atoms with Crippen LogP contribution >= 0.6 is 0 Å². The Bertz CT molecular complexity index is 1530. The molecule has 0 radical (unpaired) electrons. The van der Waals surface area contributed by atoms with Crippen molar-refractivity contribution in [3.8, 4) is 11.1 Å². The summed E-state index contributed by atoms with van der Waals surface area (Å²) < 4.78 is 0. The molecule has 0 amide bonds. The van der Waals surface area contributed by atoms with Crippen LogP contribution in [0.1, 0.15) is 45.1 Å². The first-order valence-corrected chi connectivity index (χ1v) is 12.9. The van der Waals surface area contributed by atoms with Crippen molar-refractivity contribution in [1.82, 2.24) is 4.98 Å². The quantitative estimate of drug-likeness (QED) is 0.248. The van der Waals surface area contributed by atoms with E-state index in [1.807, 2.05) is 12.4 Å². The Balaban J connectivity index is 1.52. The number of rotatable bonds is 2. The predicted octanol–water partition coefficient (Wildman–Crippen LogP) is 8.80. The largest absolute Gasteiger partial charge is 0.334 e. The lowest BCUT2D eigenvalue weighted by Gasteiger charge is -2.50. The van der Waals surface area contributed by atoms with Crippen LogP contribution in [0.15, 0.2) is 97.3 Å². The van der Waals surface area contributed by atoms with Gasteiger partial charge in [-0.2, -0.15) is 0 Å². The predicted molar refractivity (Wildman–Crippen MR) is 147 cm³/mol. The fourth-order valence-corrected chi connectivity index (χ4v) is 7.11. The highest BCUT2D eigenvalue weighted by Crippen LogP contribution is 2.61. The minimum Gasteiger partial charge on any atom is -0.334 e. The molecule has 0 spiro atoms. The van der Waals surface area contributed by atoms with Gasteiger partial charge in [0.15, 0.2) is 0 Å². The highest BCUT2D eigenvalue weighted by molar-refractivity contribution is 6.12. The van der Waals surface area contributed by atoms with Gasteiger partial charge in [0, 0.05) is 29.2 Å². The second-order valence-electron chi connectivity index (χ2n) is 10.8. The van der Waals surface area contributed by atoms with Crippen LogP contribution in [0.4, 0.5) is 11.4 Å². The molecule has 1 fully saturated rings. The van der Waals surface area contributed by atoms with E-state index in [1.54, 1.807) is 0 Å². The highest BCUT2D eigenvalue weighted by atomic mass is 15.3. The summed E-state index contributed by atoms with van der Waals surface area (Å²) in [5.41, 5.74) is 6.92. The Labute approximate surface area is 207 Å². The van der Waals surface area contributed by atoms with Crippen LogP contribution in [0, 0.1) is 0 Å². The molecule has 0 bridgehead atoms. The Morgan fingerprint density at radius 2 is 1.37 bits per heavy atom. The van der Waals surface area contributed by atoms with Gasteiger partial charge in [-0.05, 0) is 88.3 Å². The summed E-state index contributed by atoms with van der Waals surface area (Å²) in [5.74, 6) is 0. The van der Waals surface area contributed by atoms with Crippen LogP contribution in [0.3, 0.4) is 0 Å². The number of pyridine rings is 1. The lowest BCUT2D eigenvalue weighted by Crippen LogP contribution is -2.54. The maximum absolute atomic E-state index is 4.30. The van der Waals surface area contributed by atoms with Crippen LogP contribution in [0.2, 0.25) is 0 Å². The maximum Gasteiger partial charge on any atom is 0.0517 e. The second kappa shape index (κ2) is 7.42. The van der Waals surface area contributed by atoms with Crippen molar-refractivity contribution in [2.75, 3.05) is 4.90 Å². The molecule has 7 rings (SSSR count). The summed E-state index contributed by atoms with van der Waals surface area (Å²) >= 11 is 0. The molecule has 172 valence electrons.